The van der Waals surface area contributed by atoms with Crippen molar-refractivity contribution in [1.82, 2.24) is 10.1 Å². The van der Waals surface area contributed by atoms with Crippen molar-refractivity contribution >= 4 is 29.4 Å². The van der Waals surface area contributed by atoms with E-state index in [1.54, 1.807) is 19.9 Å². The van der Waals surface area contributed by atoms with Gasteiger partial charge in [-0.1, -0.05) is 65.8 Å². The van der Waals surface area contributed by atoms with Crippen molar-refractivity contribution in [2.75, 3.05) is 17.6 Å². The van der Waals surface area contributed by atoms with Crippen molar-refractivity contribution in [1.29, 1.82) is 0 Å². The van der Waals surface area contributed by atoms with Gasteiger partial charge in [0.1, 0.15) is 5.76 Å². The number of carbonyl (C=O) groups excluding carboxylic acids is 2. The summed E-state index contributed by atoms with van der Waals surface area (Å²) in [5.41, 5.74) is 2.28. The number of amides is 2. The molecule has 0 saturated carbocycles. The zero-order chi connectivity index (χ0) is 22.1. The third-order valence-electron chi connectivity index (χ3n) is 4.79. The minimum atomic E-state index is -0.395. The molecule has 3 rings (SSSR count). The summed E-state index contributed by atoms with van der Waals surface area (Å²) < 4.78 is 4.96. The monoisotopic (exact) mass is 437 g/mol. The first-order valence-electron chi connectivity index (χ1n) is 10.2. The van der Waals surface area contributed by atoms with Crippen LogP contribution in [0.1, 0.15) is 23.8 Å². The molecule has 0 aliphatic heterocycles. The van der Waals surface area contributed by atoms with Gasteiger partial charge in [-0.25, -0.2) is 0 Å². The maximum absolute atomic E-state index is 13.0. The summed E-state index contributed by atoms with van der Waals surface area (Å²) in [4.78, 5) is 27.2. The van der Waals surface area contributed by atoms with Crippen LogP contribution in [0.15, 0.2) is 71.3 Å². The number of anilines is 1. The highest BCUT2D eigenvalue weighted by Crippen LogP contribution is 2.16. The zero-order valence-electron chi connectivity index (χ0n) is 17.8. The normalized spacial score (nSPS) is 11.7. The Bertz CT molecular complexity index is 976. The van der Waals surface area contributed by atoms with Gasteiger partial charge in [-0.2, -0.15) is 0 Å². The highest BCUT2D eigenvalue weighted by molar-refractivity contribution is 8.01. The van der Waals surface area contributed by atoms with E-state index in [-0.39, 0.29) is 17.6 Å². The Morgan fingerprint density at radius 3 is 2.32 bits per heavy atom. The van der Waals surface area contributed by atoms with Crippen molar-refractivity contribution in [3.8, 4) is 0 Å². The molecule has 1 atom stereocenters. The number of carbonyl (C=O) groups is 2. The Labute approximate surface area is 187 Å². The summed E-state index contributed by atoms with van der Waals surface area (Å²) >= 11 is 1.32. The first kappa shape index (κ1) is 22.6. The Morgan fingerprint density at radius 1 is 1.06 bits per heavy atom. The Hall–Kier alpha value is -3.06. The lowest BCUT2D eigenvalue weighted by Crippen LogP contribution is -2.35. The van der Waals surface area contributed by atoms with E-state index in [0.717, 1.165) is 12.0 Å². The number of hydrogen-bond acceptors (Lipinski definition) is 5. The van der Waals surface area contributed by atoms with Crippen LogP contribution in [0.5, 0.6) is 0 Å². The van der Waals surface area contributed by atoms with Crippen molar-refractivity contribution in [3.63, 3.8) is 0 Å². The van der Waals surface area contributed by atoms with Gasteiger partial charge in [-0.3, -0.25) is 9.59 Å². The van der Waals surface area contributed by atoms with Crippen LogP contribution in [0.3, 0.4) is 0 Å². The summed E-state index contributed by atoms with van der Waals surface area (Å²) in [6.07, 6.45) is 0.783. The number of nitrogens with zero attached hydrogens (tertiary/aromatic N) is 2. The van der Waals surface area contributed by atoms with Crippen LogP contribution in [0.4, 0.5) is 5.82 Å². The largest absolute Gasteiger partial charge is 0.360 e. The number of aromatic nitrogens is 1. The first-order chi connectivity index (χ1) is 15.0. The van der Waals surface area contributed by atoms with E-state index >= 15 is 0 Å². The fourth-order valence-corrected chi connectivity index (χ4v) is 3.81. The summed E-state index contributed by atoms with van der Waals surface area (Å²) in [7, 11) is 0. The van der Waals surface area contributed by atoms with Gasteiger partial charge in [0.2, 0.25) is 11.8 Å². The van der Waals surface area contributed by atoms with Gasteiger partial charge in [0.05, 0.1) is 11.0 Å². The molecule has 0 aliphatic carbocycles. The van der Waals surface area contributed by atoms with Crippen molar-refractivity contribution in [3.05, 3.63) is 83.6 Å². The van der Waals surface area contributed by atoms with E-state index in [9.17, 15) is 9.59 Å². The van der Waals surface area contributed by atoms with Crippen molar-refractivity contribution in [2.45, 2.75) is 32.1 Å². The smallest absolute Gasteiger partial charge is 0.238 e. The summed E-state index contributed by atoms with van der Waals surface area (Å²) in [6, 6.07) is 21.7. The second-order valence-electron chi connectivity index (χ2n) is 7.30. The Kier molecular flexibility index (Phi) is 8.29. The predicted molar refractivity (Wildman–Crippen MR) is 124 cm³/mol. The molecule has 2 amide bonds. The molecule has 1 N–H and O–H groups in total. The van der Waals surface area contributed by atoms with Crippen LogP contribution in [0.2, 0.25) is 0 Å². The van der Waals surface area contributed by atoms with Gasteiger partial charge in [0.25, 0.3) is 0 Å². The van der Waals surface area contributed by atoms with Gasteiger partial charge >= 0.3 is 0 Å². The summed E-state index contributed by atoms with van der Waals surface area (Å²) in [5, 5.41) is 6.09. The number of rotatable bonds is 10. The van der Waals surface area contributed by atoms with E-state index in [0.29, 0.717) is 24.7 Å². The van der Waals surface area contributed by atoms with Crippen LogP contribution >= 0.6 is 11.8 Å². The van der Waals surface area contributed by atoms with E-state index in [1.807, 2.05) is 53.4 Å². The molecular weight excluding hydrogens is 410 g/mol. The minimum absolute atomic E-state index is 0.0155. The van der Waals surface area contributed by atoms with E-state index in [4.69, 9.17) is 4.52 Å². The maximum atomic E-state index is 13.0. The van der Waals surface area contributed by atoms with E-state index in [2.05, 4.69) is 22.6 Å². The molecule has 6 nitrogen and oxygen atoms in total. The van der Waals surface area contributed by atoms with Crippen LogP contribution < -0.4 is 5.32 Å². The highest BCUT2D eigenvalue weighted by atomic mass is 32.2. The minimum Gasteiger partial charge on any atom is -0.360 e. The van der Waals surface area contributed by atoms with Gasteiger partial charge in [-0.15, -0.1) is 11.8 Å². The molecule has 7 heteroatoms. The fraction of sp³-hybridized carbons (Fsp3) is 0.292. The molecule has 31 heavy (non-hydrogen) atoms. The lowest BCUT2D eigenvalue weighted by molar-refractivity contribution is -0.128. The molecule has 0 bridgehead atoms. The number of thioether (sulfide) groups is 1. The summed E-state index contributed by atoms with van der Waals surface area (Å²) in [6.45, 7) is 4.71. The lowest BCUT2D eigenvalue weighted by Gasteiger charge is -2.23. The van der Waals surface area contributed by atoms with Crippen LogP contribution in [-0.2, 0) is 22.6 Å². The summed E-state index contributed by atoms with van der Waals surface area (Å²) in [5.74, 6) is 1.05. The van der Waals surface area contributed by atoms with E-state index in [1.165, 1.54) is 17.3 Å². The topological polar surface area (TPSA) is 75.4 Å². The molecule has 0 spiro atoms. The molecule has 1 heterocycles. The van der Waals surface area contributed by atoms with E-state index < -0.39 is 5.25 Å². The highest BCUT2D eigenvalue weighted by Gasteiger charge is 2.20. The Morgan fingerprint density at radius 2 is 1.71 bits per heavy atom. The maximum Gasteiger partial charge on any atom is 0.238 e. The third kappa shape index (κ3) is 7.29. The fourth-order valence-electron chi connectivity index (χ4n) is 3.02. The second kappa shape index (κ2) is 11.4. The molecule has 1 aromatic heterocycles. The van der Waals surface area contributed by atoms with Gasteiger partial charge in [0, 0.05) is 19.2 Å². The molecular formula is C24H27N3O3S. The molecule has 162 valence electrons. The average molecular weight is 438 g/mol. The number of benzene rings is 2. The molecule has 2 aromatic carbocycles. The second-order valence-corrected chi connectivity index (χ2v) is 8.63. The predicted octanol–water partition coefficient (Wildman–Crippen LogP) is 4.31. The molecule has 0 aliphatic rings. The van der Waals surface area contributed by atoms with Crippen molar-refractivity contribution in [2.24, 2.45) is 0 Å². The van der Waals surface area contributed by atoms with Crippen LogP contribution in [-0.4, -0.2) is 39.4 Å². The van der Waals surface area contributed by atoms with Gasteiger partial charge in [0.15, 0.2) is 5.82 Å². The van der Waals surface area contributed by atoms with Crippen LogP contribution in [0.25, 0.3) is 0 Å². The third-order valence-corrected chi connectivity index (χ3v) is 5.92. The van der Waals surface area contributed by atoms with Crippen molar-refractivity contribution < 1.29 is 14.1 Å². The SMILES string of the molecule is Cc1cc(NC(=O)C(C)SCC(=O)N(CCc2ccccc2)Cc2ccccc2)no1. The Balaban J connectivity index is 1.56. The number of hydrogen-bond donors (Lipinski definition) is 1. The number of nitrogens with one attached hydrogen (secondary N) is 1. The first-order valence-corrected chi connectivity index (χ1v) is 11.3. The average Bonchev–Trinajstić information content (AvgIpc) is 3.20. The molecule has 0 saturated heterocycles. The zero-order valence-corrected chi connectivity index (χ0v) is 18.6. The molecule has 0 radical (unpaired) electrons. The standard InChI is InChI=1S/C24H27N3O3S/c1-18-15-22(26-30-18)25-24(29)19(2)31-17-23(28)27(16-21-11-7-4-8-12-21)14-13-20-9-5-3-6-10-20/h3-12,15,19H,13-14,16-17H2,1-2H3,(H,25,26,29). The number of aryl methyl sites for hydroxylation is 1. The molecule has 0 fully saturated rings. The van der Waals surface area contributed by atoms with Gasteiger partial charge in [-0.05, 0) is 31.4 Å². The van der Waals surface area contributed by atoms with Crippen LogP contribution in [0, 0.1) is 6.92 Å². The quantitative estimate of drug-likeness (QED) is 0.511. The lowest BCUT2D eigenvalue weighted by atomic mass is 10.1. The van der Waals surface area contributed by atoms with Gasteiger partial charge < -0.3 is 14.7 Å². The molecule has 3 aromatic rings. The molecule has 1 unspecified atom stereocenters.